The summed E-state index contributed by atoms with van der Waals surface area (Å²) < 4.78 is 0. The van der Waals surface area contributed by atoms with E-state index in [1.807, 2.05) is 74.5 Å². The first kappa shape index (κ1) is 18.0. The molecular weight excluding hydrogens is 302 g/mol. The van der Waals surface area contributed by atoms with Crippen molar-refractivity contribution < 1.29 is 15.0 Å². The molecule has 1 atom stereocenters. The minimum Gasteiger partial charge on any atom is -0.465 e. The molecule has 0 aliphatic carbocycles. The lowest BCUT2D eigenvalue weighted by molar-refractivity contribution is 0.0685. The van der Waals surface area contributed by atoms with Crippen LogP contribution in [0.5, 0.6) is 0 Å². The van der Waals surface area contributed by atoms with Crippen molar-refractivity contribution in [1.29, 1.82) is 0 Å². The van der Waals surface area contributed by atoms with Crippen molar-refractivity contribution in [1.82, 2.24) is 4.90 Å². The van der Waals surface area contributed by atoms with E-state index in [-0.39, 0.29) is 0 Å². The van der Waals surface area contributed by atoms with Crippen LogP contribution in [0.3, 0.4) is 0 Å². The minimum atomic E-state index is -0.946. The van der Waals surface area contributed by atoms with Gasteiger partial charge in [0.1, 0.15) is 0 Å². The second-order valence-corrected chi connectivity index (χ2v) is 6.63. The van der Waals surface area contributed by atoms with Crippen LogP contribution in [-0.2, 0) is 6.54 Å². The SMILES string of the molecule is CC(C)(CC[C@@H](O)c1ccccc1)N(Cc1ccccc1)C(=O)O. The third-order valence-corrected chi connectivity index (χ3v) is 4.36. The molecule has 0 saturated heterocycles. The van der Waals surface area contributed by atoms with Crippen LogP contribution >= 0.6 is 0 Å². The summed E-state index contributed by atoms with van der Waals surface area (Å²) in [6.45, 7) is 4.15. The highest BCUT2D eigenvalue weighted by Crippen LogP contribution is 2.28. The van der Waals surface area contributed by atoms with E-state index in [9.17, 15) is 15.0 Å². The lowest BCUT2D eigenvalue weighted by Crippen LogP contribution is -2.46. The molecule has 0 aliphatic rings. The maximum atomic E-state index is 11.7. The number of benzene rings is 2. The van der Waals surface area contributed by atoms with Crippen LogP contribution < -0.4 is 0 Å². The molecule has 2 aromatic rings. The van der Waals surface area contributed by atoms with Crippen LogP contribution in [-0.4, -0.2) is 26.7 Å². The Labute approximate surface area is 143 Å². The molecule has 2 N–H and O–H groups in total. The largest absolute Gasteiger partial charge is 0.465 e. The van der Waals surface area contributed by atoms with Gasteiger partial charge in [0.2, 0.25) is 0 Å². The van der Waals surface area contributed by atoms with Crippen molar-refractivity contribution in [2.75, 3.05) is 0 Å². The van der Waals surface area contributed by atoms with Crippen LogP contribution in [0, 0.1) is 0 Å². The smallest absolute Gasteiger partial charge is 0.408 e. The zero-order valence-electron chi connectivity index (χ0n) is 14.2. The third kappa shape index (κ3) is 4.83. The normalized spacial score (nSPS) is 12.6. The number of rotatable bonds is 7. The van der Waals surface area contributed by atoms with E-state index in [2.05, 4.69) is 0 Å². The Morgan fingerprint density at radius 2 is 1.58 bits per heavy atom. The lowest BCUT2D eigenvalue weighted by atomic mass is 9.92. The third-order valence-electron chi connectivity index (χ3n) is 4.36. The second-order valence-electron chi connectivity index (χ2n) is 6.63. The average Bonchev–Trinajstić information content (AvgIpc) is 2.59. The van der Waals surface area contributed by atoms with Crippen molar-refractivity contribution in [3.63, 3.8) is 0 Å². The molecule has 2 rings (SSSR count). The van der Waals surface area contributed by atoms with E-state index in [0.29, 0.717) is 19.4 Å². The molecule has 0 fully saturated rings. The molecule has 4 heteroatoms. The van der Waals surface area contributed by atoms with Crippen LogP contribution in [0.1, 0.15) is 43.9 Å². The van der Waals surface area contributed by atoms with Gasteiger partial charge in [0.15, 0.2) is 0 Å². The number of carboxylic acid groups (broad SMARTS) is 1. The van der Waals surface area contributed by atoms with Crippen LogP contribution in [0.25, 0.3) is 0 Å². The van der Waals surface area contributed by atoms with Crippen molar-refractivity contribution in [2.45, 2.75) is 44.9 Å². The first-order valence-electron chi connectivity index (χ1n) is 8.17. The number of hydrogen-bond acceptors (Lipinski definition) is 2. The molecule has 0 spiro atoms. The summed E-state index contributed by atoms with van der Waals surface area (Å²) >= 11 is 0. The summed E-state index contributed by atoms with van der Waals surface area (Å²) in [5.74, 6) is 0. The van der Waals surface area contributed by atoms with Crippen LogP contribution in [0.4, 0.5) is 4.79 Å². The van der Waals surface area contributed by atoms with Gasteiger partial charge in [0.25, 0.3) is 0 Å². The van der Waals surface area contributed by atoms with Gasteiger partial charge in [-0.15, -0.1) is 0 Å². The molecule has 4 nitrogen and oxygen atoms in total. The Kier molecular flexibility index (Phi) is 5.99. The molecular formula is C20H25NO3. The standard InChI is InChI=1S/C20H25NO3/c1-20(2,14-13-18(22)17-11-7-4-8-12-17)21(19(23)24)15-16-9-5-3-6-10-16/h3-12,18,22H,13-15H2,1-2H3,(H,23,24)/t18-/m1/s1. The molecule has 0 radical (unpaired) electrons. The summed E-state index contributed by atoms with van der Waals surface area (Å²) in [6, 6.07) is 19.0. The summed E-state index contributed by atoms with van der Waals surface area (Å²) in [4.78, 5) is 13.2. The van der Waals surface area contributed by atoms with Gasteiger partial charge in [-0.2, -0.15) is 0 Å². The number of aliphatic hydroxyl groups is 1. The lowest BCUT2D eigenvalue weighted by Gasteiger charge is -2.37. The van der Waals surface area contributed by atoms with E-state index in [0.717, 1.165) is 11.1 Å². The molecule has 2 aromatic carbocycles. The fourth-order valence-corrected chi connectivity index (χ4v) is 2.77. The number of amides is 1. The van der Waals surface area contributed by atoms with Gasteiger partial charge in [-0.05, 0) is 37.8 Å². The first-order valence-corrected chi connectivity index (χ1v) is 8.17. The molecule has 24 heavy (non-hydrogen) atoms. The number of nitrogens with zero attached hydrogens (tertiary/aromatic N) is 1. The van der Waals surface area contributed by atoms with Gasteiger partial charge in [-0.25, -0.2) is 4.79 Å². The molecule has 128 valence electrons. The van der Waals surface area contributed by atoms with Crippen molar-refractivity contribution in [2.24, 2.45) is 0 Å². The monoisotopic (exact) mass is 327 g/mol. The van der Waals surface area contributed by atoms with E-state index in [4.69, 9.17) is 0 Å². The van der Waals surface area contributed by atoms with Gasteiger partial charge in [-0.1, -0.05) is 60.7 Å². The minimum absolute atomic E-state index is 0.338. The van der Waals surface area contributed by atoms with E-state index < -0.39 is 17.7 Å². The maximum absolute atomic E-state index is 11.7. The van der Waals surface area contributed by atoms with Crippen molar-refractivity contribution in [3.05, 3.63) is 71.8 Å². The fourth-order valence-electron chi connectivity index (χ4n) is 2.77. The molecule has 0 saturated carbocycles. The number of hydrogen-bond donors (Lipinski definition) is 2. The summed E-state index contributed by atoms with van der Waals surface area (Å²) in [6.07, 6.45) is -0.450. The highest BCUT2D eigenvalue weighted by Gasteiger charge is 2.31. The van der Waals surface area contributed by atoms with Crippen molar-refractivity contribution in [3.8, 4) is 0 Å². The predicted octanol–water partition coefficient (Wildman–Crippen LogP) is 4.46. The van der Waals surface area contributed by atoms with Gasteiger partial charge in [0.05, 0.1) is 6.10 Å². The topological polar surface area (TPSA) is 60.8 Å². The van der Waals surface area contributed by atoms with Gasteiger partial charge >= 0.3 is 6.09 Å². The van der Waals surface area contributed by atoms with E-state index >= 15 is 0 Å². The van der Waals surface area contributed by atoms with E-state index in [1.165, 1.54) is 4.90 Å². The summed E-state index contributed by atoms with van der Waals surface area (Å²) in [5.41, 5.74) is 1.24. The highest BCUT2D eigenvalue weighted by atomic mass is 16.4. The molecule has 0 heterocycles. The first-order chi connectivity index (χ1) is 11.4. The van der Waals surface area contributed by atoms with Crippen molar-refractivity contribution >= 4 is 6.09 Å². The Balaban J connectivity index is 2.03. The predicted molar refractivity (Wildman–Crippen MR) is 94.7 cm³/mol. The average molecular weight is 327 g/mol. The zero-order valence-corrected chi connectivity index (χ0v) is 14.2. The fraction of sp³-hybridized carbons (Fsp3) is 0.350. The molecule has 0 unspecified atom stereocenters. The summed E-state index contributed by atoms with van der Waals surface area (Å²) in [7, 11) is 0. The molecule has 0 bridgehead atoms. The number of aliphatic hydroxyl groups excluding tert-OH is 1. The van der Waals surface area contributed by atoms with Crippen LogP contribution in [0.2, 0.25) is 0 Å². The molecule has 0 aliphatic heterocycles. The molecule has 1 amide bonds. The van der Waals surface area contributed by atoms with Gasteiger partial charge in [-0.3, -0.25) is 4.90 Å². The maximum Gasteiger partial charge on any atom is 0.408 e. The second kappa shape index (κ2) is 7.97. The van der Waals surface area contributed by atoms with Gasteiger partial charge < -0.3 is 10.2 Å². The van der Waals surface area contributed by atoms with E-state index in [1.54, 1.807) is 0 Å². The Morgan fingerprint density at radius 1 is 1.04 bits per heavy atom. The molecule has 0 aromatic heterocycles. The zero-order chi connectivity index (χ0) is 17.6. The Bertz CT molecular complexity index is 640. The van der Waals surface area contributed by atoms with Gasteiger partial charge in [0, 0.05) is 12.1 Å². The Morgan fingerprint density at radius 3 is 2.12 bits per heavy atom. The Hall–Kier alpha value is -2.33. The highest BCUT2D eigenvalue weighted by molar-refractivity contribution is 5.66. The van der Waals surface area contributed by atoms with Crippen LogP contribution in [0.15, 0.2) is 60.7 Å². The summed E-state index contributed by atoms with van der Waals surface area (Å²) in [5, 5.41) is 19.9. The number of carbonyl (C=O) groups is 1. The quantitative estimate of drug-likeness (QED) is 0.789.